The van der Waals surface area contributed by atoms with Gasteiger partial charge in [-0.05, 0) is 36.2 Å². The summed E-state index contributed by atoms with van der Waals surface area (Å²) < 4.78 is 11.1. The predicted molar refractivity (Wildman–Crippen MR) is 80.5 cm³/mol. The van der Waals surface area contributed by atoms with E-state index in [1.54, 1.807) is 19.2 Å². The van der Waals surface area contributed by atoms with E-state index in [0.717, 1.165) is 42.1 Å². The molecule has 0 spiro atoms. The van der Waals surface area contributed by atoms with E-state index < -0.39 is 0 Å². The van der Waals surface area contributed by atoms with Crippen LogP contribution in [0.2, 0.25) is 0 Å². The first-order chi connectivity index (χ1) is 9.74. The van der Waals surface area contributed by atoms with E-state index in [1.807, 2.05) is 30.3 Å². The number of rotatable bonds is 6. The van der Waals surface area contributed by atoms with Gasteiger partial charge in [-0.3, -0.25) is 0 Å². The van der Waals surface area contributed by atoms with Crippen molar-refractivity contribution < 1.29 is 14.6 Å². The molecule has 0 unspecified atom stereocenters. The largest absolute Gasteiger partial charge is 0.508 e. The van der Waals surface area contributed by atoms with Gasteiger partial charge in [0.1, 0.15) is 17.2 Å². The highest BCUT2D eigenvalue weighted by Crippen LogP contribution is 2.34. The third kappa shape index (κ3) is 3.44. The molecule has 3 nitrogen and oxygen atoms in total. The van der Waals surface area contributed by atoms with Crippen molar-refractivity contribution in [2.45, 2.75) is 19.8 Å². The minimum atomic E-state index is 0.257. The zero-order valence-corrected chi connectivity index (χ0v) is 11.9. The number of phenolic OH excluding ortho intramolecular Hbond substituents is 1. The van der Waals surface area contributed by atoms with E-state index in [1.165, 1.54) is 0 Å². The fourth-order valence-corrected chi connectivity index (χ4v) is 1.98. The Kier molecular flexibility index (Phi) is 4.88. The van der Waals surface area contributed by atoms with E-state index in [4.69, 9.17) is 9.47 Å². The topological polar surface area (TPSA) is 38.7 Å². The van der Waals surface area contributed by atoms with Crippen LogP contribution in [-0.2, 0) is 0 Å². The molecule has 0 heterocycles. The van der Waals surface area contributed by atoms with Crippen LogP contribution >= 0.6 is 0 Å². The van der Waals surface area contributed by atoms with Crippen LogP contribution in [0.15, 0.2) is 42.5 Å². The summed E-state index contributed by atoms with van der Waals surface area (Å²) in [4.78, 5) is 0. The van der Waals surface area contributed by atoms with Crippen LogP contribution in [0.3, 0.4) is 0 Å². The molecule has 2 rings (SSSR count). The first-order valence-electron chi connectivity index (χ1n) is 6.85. The second kappa shape index (κ2) is 6.85. The summed E-state index contributed by atoms with van der Waals surface area (Å²) in [6, 6.07) is 12.9. The molecule has 106 valence electrons. The van der Waals surface area contributed by atoms with Crippen molar-refractivity contribution in [2.75, 3.05) is 13.7 Å². The minimum Gasteiger partial charge on any atom is -0.508 e. The zero-order valence-electron chi connectivity index (χ0n) is 11.9. The Hall–Kier alpha value is -2.16. The molecule has 0 aliphatic carbocycles. The van der Waals surface area contributed by atoms with E-state index >= 15 is 0 Å². The van der Waals surface area contributed by atoms with Crippen LogP contribution in [0.4, 0.5) is 0 Å². The molecule has 0 aromatic heterocycles. The number of unbranched alkanes of at least 4 members (excludes halogenated alkanes) is 1. The number of aromatic hydroxyl groups is 1. The average molecular weight is 272 g/mol. The second-order valence-corrected chi connectivity index (χ2v) is 4.61. The maximum atomic E-state index is 9.34. The number of ether oxygens (including phenoxy) is 2. The van der Waals surface area contributed by atoms with Crippen molar-refractivity contribution in [2.24, 2.45) is 0 Å². The molecule has 20 heavy (non-hydrogen) atoms. The smallest absolute Gasteiger partial charge is 0.130 e. The van der Waals surface area contributed by atoms with Gasteiger partial charge in [-0.25, -0.2) is 0 Å². The highest BCUT2D eigenvalue weighted by molar-refractivity contribution is 5.72. The summed E-state index contributed by atoms with van der Waals surface area (Å²) in [5.41, 5.74) is 1.98. The fraction of sp³-hybridized carbons (Fsp3) is 0.294. The normalized spacial score (nSPS) is 10.3. The summed E-state index contributed by atoms with van der Waals surface area (Å²) in [5, 5.41) is 9.34. The minimum absolute atomic E-state index is 0.257. The molecule has 0 aliphatic rings. The summed E-state index contributed by atoms with van der Waals surface area (Å²) in [7, 11) is 1.65. The van der Waals surface area contributed by atoms with E-state index in [0.29, 0.717) is 0 Å². The lowest BCUT2D eigenvalue weighted by atomic mass is 10.0. The molecule has 2 aromatic carbocycles. The van der Waals surface area contributed by atoms with Gasteiger partial charge in [0.15, 0.2) is 0 Å². The van der Waals surface area contributed by atoms with Gasteiger partial charge in [-0.15, -0.1) is 0 Å². The van der Waals surface area contributed by atoms with Crippen LogP contribution in [0.5, 0.6) is 17.2 Å². The zero-order chi connectivity index (χ0) is 14.4. The molecule has 0 saturated carbocycles. The predicted octanol–water partition coefficient (Wildman–Crippen LogP) is 4.25. The van der Waals surface area contributed by atoms with Crippen LogP contribution < -0.4 is 9.47 Å². The van der Waals surface area contributed by atoms with Crippen molar-refractivity contribution in [3.63, 3.8) is 0 Å². The highest BCUT2D eigenvalue weighted by Gasteiger charge is 2.07. The van der Waals surface area contributed by atoms with Gasteiger partial charge in [0.2, 0.25) is 0 Å². The molecule has 0 bridgehead atoms. The van der Waals surface area contributed by atoms with Gasteiger partial charge in [-0.1, -0.05) is 25.5 Å². The molecule has 0 amide bonds. The Morgan fingerprint density at radius 3 is 2.45 bits per heavy atom. The molecule has 1 N–H and O–H groups in total. The number of benzene rings is 2. The van der Waals surface area contributed by atoms with Gasteiger partial charge in [-0.2, -0.15) is 0 Å². The Labute approximate surface area is 119 Å². The molecule has 0 aliphatic heterocycles. The molecule has 0 saturated heterocycles. The third-order valence-electron chi connectivity index (χ3n) is 3.12. The van der Waals surface area contributed by atoms with Crippen molar-refractivity contribution in [3.05, 3.63) is 42.5 Å². The highest BCUT2D eigenvalue weighted by atomic mass is 16.5. The number of phenols is 1. The average Bonchev–Trinajstić information content (AvgIpc) is 2.48. The molecule has 0 fully saturated rings. The van der Waals surface area contributed by atoms with Gasteiger partial charge >= 0.3 is 0 Å². The fourth-order valence-electron chi connectivity index (χ4n) is 1.98. The Bertz CT molecular complexity index is 547. The lowest BCUT2D eigenvalue weighted by Crippen LogP contribution is -1.97. The molecule has 0 radical (unpaired) electrons. The lowest BCUT2D eigenvalue weighted by molar-refractivity contribution is 0.307. The van der Waals surface area contributed by atoms with Crippen molar-refractivity contribution in [1.29, 1.82) is 0 Å². The van der Waals surface area contributed by atoms with Gasteiger partial charge < -0.3 is 14.6 Å². The molecule has 0 atom stereocenters. The van der Waals surface area contributed by atoms with Crippen LogP contribution in [0.25, 0.3) is 11.1 Å². The maximum absolute atomic E-state index is 9.34. The van der Waals surface area contributed by atoms with Crippen molar-refractivity contribution in [1.82, 2.24) is 0 Å². The van der Waals surface area contributed by atoms with Crippen molar-refractivity contribution >= 4 is 0 Å². The lowest BCUT2D eigenvalue weighted by Gasteiger charge is -2.12. The molecule has 2 aromatic rings. The van der Waals surface area contributed by atoms with Gasteiger partial charge in [0, 0.05) is 11.6 Å². The number of hydrogen-bond donors (Lipinski definition) is 1. The Morgan fingerprint density at radius 2 is 1.80 bits per heavy atom. The first-order valence-corrected chi connectivity index (χ1v) is 6.85. The molecular formula is C17H20O3. The van der Waals surface area contributed by atoms with Gasteiger partial charge in [0.05, 0.1) is 13.7 Å². The molecule has 3 heteroatoms. The summed E-state index contributed by atoms with van der Waals surface area (Å²) in [6.07, 6.45) is 2.16. The summed E-state index contributed by atoms with van der Waals surface area (Å²) in [6.45, 7) is 2.86. The Balaban J connectivity index is 2.23. The maximum Gasteiger partial charge on any atom is 0.130 e. The van der Waals surface area contributed by atoms with Gasteiger partial charge in [0.25, 0.3) is 0 Å². The second-order valence-electron chi connectivity index (χ2n) is 4.61. The quantitative estimate of drug-likeness (QED) is 0.799. The first kappa shape index (κ1) is 14.3. The van der Waals surface area contributed by atoms with Crippen molar-refractivity contribution in [3.8, 4) is 28.4 Å². The van der Waals surface area contributed by atoms with Crippen LogP contribution in [-0.4, -0.2) is 18.8 Å². The third-order valence-corrected chi connectivity index (χ3v) is 3.12. The number of hydrogen-bond acceptors (Lipinski definition) is 3. The Morgan fingerprint density at radius 1 is 1.05 bits per heavy atom. The van der Waals surface area contributed by atoms with E-state index in [2.05, 4.69) is 6.92 Å². The van der Waals surface area contributed by atoms with Crippen LogP contribution in [0, 0.1) is 0 Å². The number of methoxy groups -OCH3 is 1. The molecular weight excluding hydrogens is 252 g/mol. The summed E-state index contributed by atoms with van der Waals surface area (Å²) >= 11 is 0. The SMILES string of the molecule is CCCCOc1ccc(-c2ccc(O)cc2)c(OC)c1. The standard InChI is InChI=1S/C17H20O3/c1-3-4-11-20-15-9-10-16(17(12-15)19-2)13-5-7-14(18)8-6-13/h5-10,12,18H,3-4,11H2,1-2H3. The van der Waals surface area contributed by atoms with E-state index in [-0.39, 0.29) is 5.75 Å². The van der Waals surface area contributed by atoms with E-state index in [9.17, 15) is 5.11 Å². The summed E-state index contributed by atoms with van der Waals surface area (Å²) in [5.74, 6) is 1.84. The monoisotopic (exact) mass is 272 g/mol. The van der Waals surface area contributed by atoms with Crippen LogP contribution in [0.1, 0.15) is 19.8 Å².